The Kier molecular flexibility index (Phi) is 6.39. The van der Waals surface area contributed by atoms with Crippen LogP contribution in [-0.2, 0) is 19.1 Å². The van der Waals surface area contributed by atoms with Crippen LogP contribution in [0.15, 0.2) is 11.1 Å². The van der Waals surface area contributed by atoms with E-state index in [2.05, 4.69) is 0 Å². The Morgan fingerprint density at radius 2 is 1.64 bits per heavy atom. The Labute approximate surface area is 229 Å². The van der Waals surface area contributed by atoms with Gasteiger partial charge in [-0.15, -0.1) is 0 Å². The van der Waals surface area contributed by atoms with Gasteiger partial charge in [0.2, 0.25) is 0 Å². The molecule has 1 aliphatic heterocycles. The van der Waals surface area contributed by atoms with Gasteiger partial charge in [-0.2, -0.15) is 0 Å². The van der Waals surface area contributed by atoms with Crippen molar-refractivity contribution in [3.05, 3.63) is 11.1 Å². The molecule has 39 heavy (non-hydrogen) atoms. The standard InChI is InChI=1S/C29H44O10/c1-14-11-21(39-23(33)15(14)2)26(5,34)27(35)13-22(38-6)28(36)17-12-20(32)29(37)19(31)8-7-18(30)25(29,4)16(17)9-10-24(27,28)3/h16-17,19-22,31-32,34-37H,7-13H2,1-6H3/t16-,17+,19-,20+,21+,22-,24+,25-,26-,27-,28-,29-/m0/s1. The Morgan fingerprint density at radius 1 is 1.00 bits per heavy atom. The highest BCUT2D eigenvalue weighted by molar-refractivity contribution is 5.89. The molecule has 0 bridgehead atoms. The summed E-state index contributed by atoms with van der Waals surface area (Å²) >= 11 is 0. The van der Waals surface area contributed by atoms with E-state index in [1.165, 1.54) is 14.0 Å². The number of esters is 1. The number of Topliss-reactive ketones (excluding diaryl/α,β-unsaturated/α-hetero) is 1. The first-order valence-corrected chi connectivity index (χ1v) is 14.1. The van der Waals surface area contributed by atoms with Gasteiger partial charge in [-0.3, -0.25) is 4.79 Å². The molecule has 0 aromatic heterocycles. The van der Waals surface area contributed by atoms with Crippen LogP contribution in [0.25, 0.3) is 0 Å². The normalized spacial score (nSPS) is 53.4. The van der Waals surface area contributed by atoms with E-state index in [4.69, 9.17) is 9.47 Å². The van der Waals surface area contributed by atoms with Crippen LogP contribution in [0.2, 0.25) is 0 Å². The molecule has 0 unspecified atom stereocenters. The molecule has 0 aromatic rings. The minimum atomic E-state index is -2.07. The third kappa shape index (κ3) is 3.12. The molecule has 0 aromatic carbocycles. The lowest BCUT2D eigenvalue weighted by atomic mass is 9.40. The van der Waals surface area contributed by atoms with Crippen LogP contribution in [0.1, 0.15) is 79.6 Å². The highest BCUT2D eigenvalue weighted by Gasteiger charge is 2.82. The third-order valence-corrected chi connectivity index (χ3v) is 12.5. The summed E-state index contributed by atoms with van der Waals surface area (Å²) in [5.41, 5.74) is -9.66. The van der Waals surface area contributed by atoms with E-state index in [-0.39, 0.29) is 50.7 Å². The van der Waals surface area contributed by atoms with Gasteiger partial charge >= 0.3 is 5.97 Å². The van der Waals surface area contributed by atoms with Gasteiger partial charge in [0.05, 0.1) is 23.7 Å². The van der Waals surface area contributed by atoms with Crippen molar-refractivity contribution in [1.82, 2.24) is 0 Å². The van der Waals surface area contributed by atoms with Crippen LogP contribution in [0.5, 0.6) is 0 Å². The first-order chi connectivity index (χ1) is 17.9. The number of hydrogen-bond donors (Lipinski definition) is 6. The third-order valence-electron chi connectivity index (χ3n) is 12.5. The molecule has 0 amide bonds. The van der Waals surface area contributed by atoms with Crippen molar-refractivity contribution in [3.63, 3.8) is 0 Å². The topological polar surface area (TPSA) is 174 Å². The summed E-state index contributed by atoms with van der Waals surface area (Å²) in [7, 11) is 1.40. The van der Waals surface area contributed by atoms with Crippen LogP contribution in [0.3, 0.4) is 0 Å². The molecular formula is C29H44O10. The molecule has 6 N–H and O–H groups in total. The number of methoxy groups -OCH3 is 1. The van der Waals surface area contributed by atoms with E-state index in [0.717, 1.165) is 5.57 Å². The number of fused-ring (bicyclic) bond motifs is 5. The predicted molar refractivity (Wildman–Crippen MR) is 137 cm³/mol. The number of aliphatic hydroxyl groups excluding tert-OH is 2. The number of carbonyl (C=O) groups is 2. The Hall–Kier alpha value is -1.40. The number of ketones is 1. The zero-order valence-electron chi connectivity index (χ0n) is 23.7. The molecule has 0 spiro atoms. The van der Waals surface area contributed by atoms with Gasteiger partial charge in [0, 0.05) is 37.4 Å². The molecule has 5 aliphatic rings. The van der Waals surface area contributed by atoms with Crippen LogP contribution in [-0.4, -0.2) is 96.3 Å². The second-order valence-corrected chi connectivity index (χ2v) is 13.6. The molecule has 1 heterocycles. The van der Waals surface area contributed by atoms with Crippen molar-refractivity contribution < 1.29 is 49.7 Å². The summed E-state index contributed by atoms with van der Waals surface area (Å²) in [6, 6.07) is 0. The molecule has 5 rings (SSSR count). The van der Waals surface area contributed by atoms with Crippen molar-refractivity contribution in [3.8, 4) is 0 Å². The fourth-order valence-electron chi connectivity index (χ4n) is 9.66. The number of ether oxygens (including phenoxy) is 2. The second-order valence-electron chi connectivity index (χ2n) is 13.6. The monoisotopic (exact) mass is 552 g/mol. The SMILES string of the molecule is CO[C@H]1C[C@@](O)([C@@](C)(O)[C@H]2CC(C)=C(C)C(=O)O2)[C@@]2(C)CC[C@H]3[C@@H](C[C@@H](O)[C@@]4(O)[C@@H](O)CCC(=O)[C@]34C)[C@]12O. The van der Waals surface area contributed by atoms with Crippen molar-refractivity contribution >= 4 is 11.8 Å². The predicted octanol–water partition coefficient (Wildman–Crippen LogP) is 0.528. The molecule has 4 aliphatic carbocycles. The van der Waals surface area contributed by atoms with Crippen molar-refractivity contribution in [2.24, 2.45) is 22.7 Å². The van der Waals surface area contributed by atoms with Crippen LogP contribution in [0.4, 0.5) is 0 Å². The largest absolute Gasteiger partial charge is 0.455 e. The highest BCUT2D eigenvalue weighted by Crippen LogP contribution is 2.72. The molecule has 4 saturated carbocycles. The summed E-state index contributed by atoms with van der Waals surface area (Å²) in [5, 5.41) is 71.2. The summed E-state index contributed by atoms with van der Waals surface area (Å²) in [4.78, 5) is 26.0. The average molecular weight is 553 g/mol. The molecule has 12 atom stereocenters. The maximum atomic E-state index is 13.5. The molecule has 4 fully saturated rings. The lowest BCUT2D eigenvalue weighted by Crippen LogP contribution is -2.79. The molecular weight excluding hydrogens is 508 g/mol. The summed E-state index contributed by atoms with van der Waals surface area (Å²) < 4.78 is 11.4. The Bertz CT molecular complexity index is 1120. The van der Waals surface area contributed by atoms with E-state index < -0.39 is 75.5 Å². The minimum absolute atomic E-state index is 0.0390. The first-order valence-electron chi connectivity index (χ1n) is 14.1. The second kappa shape index (κ2) is 8.56. The number of aliphatic hydroxyl groups is 6. The average Bonchev–Trinajstić information content (AvgIpc) is 3.07. The Balaban J connectivity index is 1.62. The van der Waals surface area contributed by atoms with E-state index >= 15 is 0 Å². The highest BCUT2D eigenvalue weighted by atomic mass is 16.6. The zero-order valence-corrected chi connectivity index (χ0v) is 23.7. The summed E-state index contributed by atoms with van der Waals surface area (Å²) in [6.45, 7) is 8.10. The zero-order chi connectivity index (χ0) is 29.1. The smallest absolute Gasteiger partial charge is 0.334 e. The van der Waals surface area contributed by atoms with Gasteiger partial charge in [0.15, 0.2) is 0 Å². The van der Waals surface area contributed by atoms with E-state index in [9.17, 15) is 40.2 Å². The van der Waals surface area contributed by atoms with Crippen LogP contribution in [0, 0.1) is 22.7 Å². The van der Waals surface area contributed by atoms with Crippen molar-refractivity contribution in [1.29, 1.82) is 0 Å². The molecule has 0 saturated heterocycles. The quantitative estimate of drug-likeness (QED) is 0.271. The van der Waals surface area contributed by atoms with E-state index in [1.807, 2.05) is 0 Å². The van der Waals surface area contributed by atoms with Gasteiger partial charge in [-0.25, -0.2) is 4.79 Å². The minimum Gasteiger partial charge on any atom is -0.455 e. The lowest BCUT2D eigenvalue weighted by Gasteiger charge is -2.68. The van der Waals surface area contributed by atoms with Crippen LogP contribution < -0.4 is 0 Å². The molecule has 10 heteroatoms. The van der Waals surface area contributed by atoms with Gasteiger partial charge in [0.25, 0.3) is 0 Å². The number of hydrogen-bond acceptors (Lipinski definition) is 10. The van der Waals surface area contributed by atoms with Crippen molar-refractivity contribution in [2.45, 2.75) is 126 Å². The van der Waals surface area contributed by atoms with E-state index in [1.54, 1.807) is 27.7 Å². The van der Waals surface area contributed by atoms with Crippen molar-refractivity contribution in [2.75, 3.05) is 7.11 Å². The Morgan fingerprint density at radius 3 is 2.23 bits per heavy atom. The fourth-order valence-corrected chi connectivity index (χ4v) is 9.66. The van der Waals surface area contributed by atoms with Crippen LogP contribution >= 0.6 is 0 Å². The maximum absolute atomic E-state index is 13.5. The molecule has 0 radical (unpaired) electrons. The maximum Gasteiger partial charge on any atom is 0.334 e. The van der Waals surface area contributed by atoms with E-state index in [0.29, 0.717) is 5.57 Å². The lowest BCUT2D eigenvalue weighted by molar-refractivity contribution is -0.321. The number of rotatable bonds is 3. The number of cyclic esters (lactones) is 1. The summed E-state index contributed by atoms with van der Waals surface area (Å²) in [6.07, 6.45) is -4.51. The van der Waals surface area contributed by atoms with Gasteiger partial charge < -0.3 is 40.1 Å². The molecule has 10 nitrogen and oxygen atoms in total. The van der Waals surface area contributed by atoms with Gasteiger partial charge in [0.1, 0.15) is 34.3 Å². The van der Waals surface area contributed by atoms with Gasteiger partial charge in [-0.05, 0) is 65.2 Å². The first kappa shape index (κ1) is 29.1. The fraction of sp³-hybridized carbons (Fsp3) is 0.862. The summed E-state index contributed by atoms with van der Waals surface area (Å²) in [5.74, 6) is -2.29. The van der Waals surface area contributed by atoms with Gasteiger partial charge in [-0.1, -0.05) is 12.5 Å². The number of carbonyl (C=O) groups excluding carboxylic acids is 2. The molecule has 220 valence electrons.